The molecule has 0 saturated carbocycles. The van der Waals surface area contributed by atoms with Crippen LogP contribution in [0.5, 0.6) is 0 Å². The minimum absolute atomic E-state index is 0. The molecule has 0 aliphatic heterocycles. The third kappa shape index (κ3) is 18.1. The second-order valence-corrected chi connectivity index (χ2v) is 3.97. The zero-order chi connectivity index (χ0) is 10.6. The Bertz CT molecular complexity index is 138. The molecular weight excluding hydrogens is 309 g/mol. The van der Waals surface area contributed by atoms with Crippen LogP contribution in [0.3, 0.4) is 0 Å². The molecule has 2 nitrogen and oxygen atoms in total. The monoisotopic (exact) mass is 334 g/mol. The van der Waals surface area contributed by atoms with Crippen LogP contribution in [0.25, 0.3) is 0 Å². The summed E-state index contributed by atoms with van der Waals surface area (Å²) in [4.78, 5) is 10.2. The molecule has 0 amide bonds. The number of carbonyl (C=O) groups is 1. The maximum absolute atomic E-state index is 10.2. The van der Waals surface area contributed by atoms with Crippen LogP contribution in [-0.4, -0.2) is 80.0 Å². The van der Waals surface area contributed by atoms with E-state index in [9.17, 15) is 4.79 Å². The van der Waals surface area contributed by atoms with Gasteiger partial charge in [0.2, 0.25) is 0 Å². The molecule has 0 aromatic heterocycles. The number of carboxylic acids is 1. The number of rotatable bonds is 10. The van der Waals surface area contributed by atoms with Gasteiger partial charge < -0.3 is 5.11 Å². The van der Waals surface area contributed by atoms with Gasteiger partial charge >= 0.3 is 74.9 Å². The molecule has 86 valence electrons. The average Bonchev–Trinajstić information content (AvgIpc) is 2.15. The van der Waals surface area contributed by atoms with Crippen molar-refractivity contribution in [2.75, 3.05) is 0 Å². The number of aliphatic carboxylic acids is 1. The molecule has 15 heavy (non-hydrogen) atoms. The van der Waals surface area contributed by atoms with E-state index >= 15 is 0 Å². The van der Waals surface area contributed by atoms with Crippen molar-refractivity contribution in [2.24, 2.45) is 0 Å². The summed E-state index contributed by atoms with van der Waals surface area (Å²) >= 11 is 0. The van der Waals surface area contributed by atoms with E-state index in [1.54, 1.807) is 0 Å². The third-order valence-corrected chi connectivity index (χ3v) is 2.49. The van der Waals surface area contributed by atoms with Crippen molar-refractivity contribution in [1.82, 2.24) is 0 Å². The zero-order valence-electron chi connectivity index (χ0n) is 9.43. The first-order valence-corrected chi connectivity index (χ1v) is 5.99. The number of unbranched alkanes of at least 4 members (excludes halogenated alkanes) is 8. The Morgan fingerprint density at radius 3 is 1.67 bits per heavy atom. The fourth-order valence-electron chi connectivity index (χ4n) is 1.59. The second-order valence-electron chi connectivity index (χ2n) is 3.97. The molecule has 0 aromatic rings. The van der Waals surface area contributed by atoms with Gasteiger partial charge in [0.1, 0.15) is 0 Å². The fraction of sp³-hybridized carbons (Fsp3) is 0.917. The van der Waals surface area contributed by atoms with E-state index in [1.165, 1.54) is 44.9 Å². The normalized spacial score (nSPS) is 9.67. The van der Waals surface area contributed by atoms with Crippen molar-refractivity contribution in [3.05, 3.63) is 0 Å². The summed E-state index contributed by atoms with van der Waals surface area (Å²) in [5.74, 6) is -0.659. The van der Waals surface area contributed by atoms with Gasteiger partial charge in [0.25, 0.3) is 0 Å². The summed E-state index contributed by atoms with van der Waals surface area (Å²) in [6.45, 7) is 2.23. The Kier molecular flexibility index (Phi) is 19.5. The Labute approximate surface area is 153 Å². The molecule has 3 heteroatoms. The quantitative estimate of drug-likeness (QED) is 0.622. The Morgan fingerprint density at radius 2 is 1.27 bits per heavy atom. The topological polar surface area (TPSA) is 37.3 Å². The van der Waals surface area contributed by atoms with Crippen LogP contribution >= 0.6 is 0 Å². The van der Waals surface area contributed by atoms with Gasteiger partial charge in [-0.05, 0) is 6.42 Å². The SMILES string of the molecule is CCCCCCCCCCCC(=O)O.[CsH]. The van der Waals surface area contributed by atoms with Crippen LogP contribution < -0.4 is 0 Å². The summed E-state index contributed by atoms with van der Waals surface area (Å²) in [5.41, 5.74) is 0. The fourth-order valence-corrected chi connectivity index (χ4v) is 1.59. The van der Waals surface area contributed by atoms with Crippen LogP contribution in [0.1, 0.15) is 71.1 Å². The maximum atomic E-state index is 10.2. The number of hydrogen-bond acceptors (Lipinski definition) is 1. The summed E-state index contributed by atoms with van der Waals surface area (Å²) < 4.78 is 0. The Morgan fingerprint density at radius 1 is 0.867 bits per heavy atom. The predicted octanol–water partition coefficient (Wildman–Crippen LogP) is 3.34. The molecule has 0 unspecified atom stereocenters. The van der Waals surface area contributed by atoms with Crippen LogP contribution in [0.2, 0.25) is 0 Å². The van der Waals surface area contributed by atoms with Gasteiger partial charge in [0.15, 0.2) is 0 Å². The van der Waals surface area contributed by atoms with Crippen LogP contribution in [0.4, 0.5) is 0 Å². The van der Waals surface area contributed by atoms with E-state index in [-0.39, 0.29) is 68.9 Å². The van der Waals surface area contributed by atoms with E-state index in [2.05, 4.69) is 6.92 Å². The summed E-state index contributed by atoms with van der Waals surface area (Å²) in [5, 5.41) is 8.41. The van der Waals surface area contributed by atoms with Crippen molar-refractivity contribution >= 4 is 74.9 Å². The molecule has 0 heterocycles. The van der Waals surface area contributed by atoms with Crippen molar-refractivity contribution < 1.29 is 9.90 Å². The van der Waals surface area contributed by atoms with E-state index < -0.39 is 5.97 Å². The van der Waals surface area contributed by atoms with Gasteiger partial charge in [-0.3, -0.25) is 4.79 Å². The second kappa shape index (κ2) is 15.5. The molecular formula is C12H25CsO2. The van der Waals surface area contributed by atoms with Gasteiger partial charge in [-0.1, -0.05) is 58.3 Å². The predicted molar refractivity (Wildman–Crippen MR) is 66.6 cm³/mol. The van der Waals surface area contributed by atoms with E-state index in [1.807, 2.05) is 0 Å². The summed E-state index contributed by atoms with van der Waals surface area (Å²) in [6.07, 6.45) is 11.5. The number of hydrogen-bond donors (Lipinski definition) is 1. The van der Waals surface area contributed by atoms with E-state index in [4.69, 9.17) is 5.11 Å². The minimum atomic E-state index is -0.659. The molecule has 0 bridgehead atoms. The van der Waals surface area contributed by atoms with Crippen molar-refractivity contribution in [2.45, 2.75) is 71.1 Å². The first-order chi connectivity index (χ1) is 6.77. The van der Waals surface area contributed by atoms with Gasteiger partial charge in [-0.25, -0.2) is 0 Å². The van der Waals surface area contributed by atoms with E-state index in [0.717, 1.165) is 12.8 Å². The molecule has 0 aromatic carbocycles. The first kappa shape index (κ1) is 18.9. The zero-order valence-corrected chi connectivity index (χ0v) is 9.43. The Hall–Kier alpha value is 1.52. The van der Waals surface area contributed by atoms with Crippen molar-refractivity contribution in [3.63, 3.8) is 0 Å². The first-order valence-electron chi connectivity index (χ1n) is 5.99. The van der Waals surface area contributed by atoms with Crippen LogP contribution in [-0.2, 0) is 4.79 Å². The van der Waals surface area contributed by atoms with Crippen LogP contribution in [0.15, 0.2) is 0 Å². The molecule has 0 radical (unpaired) electrons. The van der Waals surface area contributed by atoms with Crippen molar-refractivity contribution in [1.29, 1.82) is 0 Å². The standard InChI is InChI=1S/C12H24O2.Cs.H/c1-2-3-4-5-6-7-8-9-10-11-12(13)14;;/h2-11H2,1H3,(H,13,14);;. The Balaban J connectivity index is 0. The number of carboxylic acid groups (broad SMARTS) is 1. The van der Waals surface area contributed by atoms with Gasteiger partial charge in [-0.2, -0.15) is 0 Å². The van der Waals surface area contributed by atoms with Gasteiger partial charge in [0.05, 0.1) is 0 Å². The summed E-state index contributed by atoms with van der Waals surface area (Å²) in [7, 11) is 0. The molecule has 0 atom stereocenters. The molecule has 0 saturated heterocycles. The molecule has 0 spiro atoms. The average molecular weight is 334 g/mol. The molecule has 0 fully saturated rings. The van der Waals surface area contributed by atoms with Gasteiger partial charge in [-0.15, -0.1) is 0 Å². The molecule has 0 aliphatic rings. The summed E-state index contributed by atoms with van der Waals surface area (Å²) in [6, 6.07) is 0. The van der Waals surface area contributed by atoms with E-state index in [0.29, 0.717) is 6.42 Å². The van der Waals surface area contributed by atoms with Gasteiger partial charge in [0, 0.05) is 6.42 Å². The molecule has 0 aliphatic carbocycles. The van der Waals surface area contributed by atoms with Crippen LogP contribution in [0, 0.1) is 0 Å². The molecule has 1 N–H and O–H groups in total. The van der Waals surface area contributed by atoms with Crippen molar-refractivity contribution in [3.8, 4) is 0 Å². The molecule has 0 rings (SSSR count). The third-order valence-electron chi connectivity index (χ3n) is 2.49.